The number of nitrogens with two attached hydrogens (primary N) is 1. The first-order valence-electron chi connectivity index (χ1n) is 5.52. The van der Waals surface area contributed by atoms with Gasteiger partial charge in [0.15, 0.2) is 0 Å². The minimum absolute atomic E-state index is 0.330. The molecular formula is C12H18N2O2. The standard InChI is InChI=1S/C12H18N2O2/c1-3-4-9(2)8-16-12(15)10-5-6-14-11(13)7-10/h5-7,9H,3-4,8H2,1-2H3,(H2,13,14). The molecule has 0 saturated carbocycles. The zero-order valence-corrected chi connectivity index (χ0v) is 9.77. The Morgan fingerprint density at radius 1 is 1.62 bits per heavy atom. The van der Waals surface area contributed by atoms with Gasteiger partial charge in [-0.1, -0.05) is 20.3 Å². The fraction of sp³-hybridized carbons (Fsp3) is 0.500. The average Bonchev–Trinajstić information content (AvgIpc) is 2.26. The van der Waals surface area contributed by atoms with Crippen molar-refractivity contribution in [3.05, 3.63) is 23.9 Å². The minimum Gasteiger partial charge on any atom is -0.462 e. The Balaban J connectivity index is 2.47. The molecule has 1 heterocycles. The minimum atomic E-state index is -0.336. The number of carbonyl (C=O) groups is 1. The van der Waals surface area contributed by atoms with E-state index in [2.05, 4.69) is 18.8 Å². The fourth-order valence-corrected chi connectivity index (χ4v) is 1.45. The molecule has 0 aromatic carbocycles. The molecule has 4 heteroatoms. The maximum absolute atomic E-state index is 11.6. The smallest absolute Gasteiger partial charge is 0.338 e. The van der Waals surface area contributed by atoms with Crippen LogP contribution in [0.4, 0.5) is 5.82 Å². The zero-order chi connectivity index (χ0) is 12.0. The molecule has 1 unspecified atom stereocenters. The molecule has 0 spiro atoms. The number of anilines is 1. The Bertz CT molecular complexity index is 353. The number of nitrogens with zero attached hydrogens (tertiary/aromatic N) is 1. The molecule has 1 aromatic heterocycles. The van der Waals surface area contributed by atoms with Crippen molar-refractivity contribution in [2.24, 2.45) is 5.92 Å². The average molecular weight is 222 g/mol. The summed E-state index contributed by atoms with van der Waals surface area (Å²) in [7, 11) is 0. The molecule has 1 rings (SSSR count). The van der Waals surface area contributed by atoms with Gasteiger partial charge in [0.1, 0.15) is 5.82 Å². The second-order valence-electron chi connectivity index (χ2n) is 3.96. The van der Waals surface area contributed by atoms with Crippen LogP contribution < -0.4 is 5.73 Å². The van der Waals surface area contributed by atoms with Gasteiger partial charge in [0, 0.05) is 6.20 Å². The van der Waals surface area contributed by atoms with Gasteiger partial charge in [0.2, 0.25) is 0 Å². The van der Waals surface area contributed by atoms with Crippen molar-refractivity contribution >= 4 is 11.8 Å². The molecule has 2 N–H and O–H groups in total. The van der Waals surface area contributed by atoms with Crippen molar-refractivity contribution in [3.63, 3.8) is 0 Å². The molecule has 1 aromatic rings. The van der Waals surface area contributed by atoms with Gasteiger partial charge >= 0.3 is 5.97 Å². The van der Waals surface area contributed by atoms with Crippen LogP contribution in [0.2, 0.25) is 0 Å². The second kappa shape index (κ2) is 6.10. The lowest BCUT2D eigenvalue weighted by Gasteiger charge is -2.10. The van der Waals surface area contributed by atoms with E-state index in [-0.39, 0.29) is 5.97 Å². The van der Waals surface area contributed by atoms with Crippen molar-refractivity contribution in [1.82, 2.24) is 4.98 Å². The summed E-state index contributed by atoms with van der Waals surface area (Å²) in [4.78, 5) is 15.4. The van der Waals surface area contributed by atoms with Crippen LogP contribution in [0.1, 0.15) is 37.0 Å². The van der Waals surface area contributed by atoms with Gasteiger partial charge in [-0.2, -0.15) is 0 Å². The van der Waals surface area contributed by atoms with E-state index in [9.17, 15) is 4.79 Å². The summed E-state index contributed by atoms with van der Waals surface area (Å²) in [5, 5.41) is 0. The summed E-state index contributed by atoms with van der Waals surface area (Å²) in [5.74, 6) is 0.390. The van der Waals surface area contributed by atoms with E-state index in [0.29, 0.717) is 23.9 Å². The van der Waals surface area contributed by atoms with Crippen LogP contribution in [0.15, 0.2) is 18.3 Å². The van der Waals surface area contributed by atoms with Gasteiger partial charge in [-0.05, 0) is 24.5 Å². The predicted octanol–water partition coefficient (Wildman–Crippen LogP) is 2.26. The highest BCUT2D eigenvalue weighted by atomic mass is 16.5. The number of carbonyl (C=O) groups excluding carboxylic acids is 1. The van der Waals surface area contributed by atoms with E-state index in [1.54, 1.807) is 6.07 Å². The molecule has 0 saturated heterocycles. The third kappa shape index (κ3) is 3.88. The number of hydrogen-bond donors (Lipinski definition) is 1. The van der Waals surface area contributed by atoms with E-state index in [4.69, 9.17) is 10.5 Å². The summed E-state index contributed by atoms with van der Waals surface area (Å²) < 4.78 is 5.18. The normalized spacial score (nSPS) is 12.1. The molecule has 4 nitrogen and oxygen atoms in total. The van der Waals surface area contributed by atoms with E-state index < -0.39 is 0 Å². The van der Waals surface area contributed by atoms with Crippen molar-refractivity contribution in [2.45, 2.75) is 26.7 Å². The first-order chi connectivity index (χ1) is 7.63. The third-order valence-electron chi connectivity index (χ3n) is 2.30. The Hall–Kier alpha value is -1.58. The quantitative estimate of drug-likeness (QED) is 0.776. The number of ether oxygens (including phenoxy) is 1. The summed E-state index contributed by atoms with van der Waals surface area (Å²) in [6, 6.07) is 3.12. The summed E-state index contributed by atoms with van der Waals surface area (Å²) >= 11 is 0. The number of nitrogen functional groups attached to an aromatic ring is 1. The second-order valence-corrected chi connectivity index (χ2v) is 3.96. The summed E-state index contributed by atoms with van der Waals surface area (Å²) in [6.45, 7) is 4.63. The monoisotopic (exact) mass is 222 g/mol. The highest BCUT2D eigenvalue weighted by Crippen LogP contribution is 2.09. The van der Waals surface area contributed by atoms with Crippen LogP contribution in [-0.2, 0) is 4.74 Å². The molecular weight excluding hydrogens is 204 g/mol. The number of esters is 1. The highest BCUT2D eigenvalue weighted by Gasteiger charge is 2.09. The largest absolute Gasteiger partial charge is 0.462 e. The summed E-state index contributed by atoms with van der Waals surface area (Å²) in [5.41, 5.74) is 5.94. The zero-order valence-electron chi connectivity index (χ0n) is 9.77. The van der Waals surface area contributed by atoms with Crippen LogP contribution in [0.5, 0.6) is 0 Å². The lowest BCUT2D eigenvalue weighted by Crippen LogP contribution is -2.12. The van der Waals surface area contributed by atoms with Crippen LogP contribution >= 0.6 is 0 Å². The number of hydrogen-bond acceptors (Lipinski definition) is 4. The van der Waals surface area contributed by atoms with E-state index in [0.717, 1.165) is 12.8 Å². The van der Waals surface area contributed by atoms with Crippen LogP contribution in [0, 0.1) is 5.92 Å². The van der Waals surface area contributed by atoms with Gasteiger partial charge < -0.3 is 10.5 Å². The number of pyridine rings is 1. The SMILES string of the molecule is CCCC(C)COC(=O)c1ccnc(N)c1. The molecule has 0 aliphatic heterocycles. The van der Waals surface area contributed by atoms with Gasteiger partial charge in [0.05, 0.1) is 12.2 Å². The maximum Gasteiger partial charge on any atom is 0.338 e. The Morgan fingerprint density at radius 3 is 3.00 bits per heavy atom. The molecule has 16 heavy (non-hydrogen) atoms. The first-order valence-corrected chi connectivity index (χ1v) is 5.52. The van der Waals surface area contributed by atoms with Crippen molar-refractivity contribution in [1.29, 1.82) is 0 Å². The van der Waals surface area contributed by atoms with Gasteiger partial charge in [-0.3, -0.25) is 0 Å². The van der Waals surface area contributed by atoms with Crippen molar-refractivity contribution < 1.29 is 9.53 Å². The molecule has 88 valence electrons. The molecule has 1 atom stereocenters. The molecule has 0 bridgehead atoms. The van der Waals surface area contributed by atoms with Gasteiger partial charge in [-0.25, -0.2) is 9.78 Å². The molecule has 0 radical (unpaired) electrons. The van der Waals surface area contributed by atoms with Gasteiger partial charge in [0.25, 0.3) is 0 Å². The Labute approximate surface area is 95.8 Å². The van der Waals surface area contributed by atoms with E-state index in [1.807, 2.05) is 0 Å². The third-order valence-corrected chi connectivity index (χ3v) is 2.30. The lowest BCUT2D eigenvalue weighted by atomic mass is 10.1. The molecule has 0 fully saturated rings. The number of rotatable bonds is 5. The molecule has 0 aliphatic carbocycles. The van der Waals surface area contributed by atoms with E-state index >= 15 is 0 Å². The van der Waals surface area contributed by atoms with Crippen LogP contribution in [0.3, 0.4) is 0 Å². The predicted molar refractivity (Wildman–Crippen MR) is 63.0 cm³/mol. The summed E-state index contributed by atoms with van der Waals surface area (Å²) in [6.07, 6.45) is 3.66. The fourth-order valence-electron chi connectivity index (χ4n) is 1.45. The lowest BCUT2D eigenvalue weighted by molar-refractivity contribution is 0.0443. The van der Waals surface area contributed by atoms with Crippen LogP contribution in [-0.4, -0.2) is 17.6 Å². The topological polar surface area (TPSA) is 65.2 Å². The van der Waals surface area contributed by atoms with Crippen molar-refractivity contribution in [2.75, 3.05) is 12.3 Å². The Morgan fingerprint density at radius 2 is 2.38 bits per heavy atom. The number of aromatic nitrogens is 1. The van der Waals surface area contributed by atoms with Gasteiger partial charge in [-0.15, -0.1) is 0 Å². The van der Waals surface area contributed by atoms with Crippen molar-refractivity contribution in [3.8, 4) is 0 Å². The Kier molecular flexibility index (Phi) is 4.76. The van der Waals surface area contributed by atoms with E-state index in [1.165, 1.54) is 12.3 Å². The molecule has 0 aliphatic rings. The first kappa shape index (κ1) is 12.5. The maximum atomic E-state index is 11.6. The highest BCUT2D eigenvalue weighted by molar-refractivity contribution is 5.89. The molecule has 0 amide bonds. The van der Waals surface area contributed by atoms with Crippen LogP contribution in [0.25, 0.3) is 0 Å².